The number of nitrogens with zero attached hydrogens (tertiary/aromatic N) is 1. The van der Waals surface area contributed by atoms with Crippen molar-refractivity contribution in [2.24, 2.45) is 0 Å². The van der Waals surface area contributed by atoms with Crippen LogP contribution < -0.4 is 10.2 Å². The van der Waals surface area contributed by atoms with Gasteiger partial charge in [0, 0.05) is 12.1 Å². The molecule has 38 heavy (non-hydrogen) atoms. The summed E-state index contributed by atoms with van der Waals surface area (Å²) in [7, 11) is 0. The van der Waals surface area contributed by atoms with Crippen LogP contribution in [0.25, 0.3) is 0 Å². The van der Waals surface area contributed by atoms with E-state index in [2.05, 4.69) is 5.32 Å². The molecule has 0 unspecified atom stereocenters. The number of fused-ring (bicyclic) bond motifs is 1. The molecular weight excluding hydrogens is 523 g/mol. The second kappa shape index (κ2) is 11.1. The fraction of sp³-hybridized carbons (Fsp3) is 0.100. The van der Waals surface area contributed by atoms with E-state index < -0.39 is 0 Å². The zero-order valence-corrected chi connectivity index (χ0v) is 21.6. The van der Waals surface area contributed by atoms with Gasteiger partial charge in [0.25, 0.3) is 11.8 Å². The van der Waals surface area contributed by atoms with E-state index in [-0.39, 0.29) is 30.8 Å². The Hall–Kier alpha value is -4.13. The van der Waals surface area contributed by atoms with Crippen LogP contribution in [0, 0.1) is 0 Å². The van der Waals surface area contributed by atoms with Gasteiger partial charge in [-0.05, 0) is 53.6 Å². The van der Waals surface area contributed by atoms with Crippen LogP contribution in [0.15, 0.2) is 91.0 Å². The van der Waals surface area contributed by atoms with Gasteiger partial charge in [0.1, 0.15) is 0 Å². The van der Waals surface area contributed by atoms with Gasteiger partial charge in [-0.25, -0.2) is 4.90 Å². The van der Waals surface area contributed by atoms with Crippen molar-refractivity contribution in [3.63, 3.8) is 0 Å². The summed E-state index contributed by atoms with van der Waals surface area (Å²) in [6.07, 6.45) is 0.563. The second-order valence-corrected chi connectivity index (χ2v) is 9.50. The molecule has 190 valence electrons. The van der Waals surface area contributed by atoms with Crippen LogP contribution in [-0.4, -0.2) is 24.4 Å². The Morgan fingerprint density at radius 2 is 1.37 bits per heavy atom. The summed E-state index contributed by atoms with van der Waals surface area (Å²) in [6.45, 7) is 0.192. The lowest BCUT2D eigenvalue weighted by molar-refractivity contribution is -0.142. The van der Waals surface area contributed by atoms with Crippen LogP contribution in [-0.2, 0) is 22.4 Å². The minimum atomic E-state index is -0.368. The molecule has 6 nitrogen and oxygen atoms in total. The number of carbonyl (C=O) groups excluding carboxylic acids is 3. The molecule has 2 amide bonds. The first-order chi connectivity index (χ1) is 18.4. The topological polar surface area (TPSA) is 75.7 Å². The van der Waals surface area contributed by atoms with Gasteiger partial charge in [0.2, 0.25) is 0 Å². The summed E-state index contributed by atoms with van der Waals surface area (Å²) in [6, 6.07) is 26.5. The van der Waals surface area contributed by atoms with Crippen molar-refractivity contribution >= 4 is 58.0 Å². The average molecular weight is 545 g/mol. The Kier molecular flexibility index (Phi) is 7.45. The van der Waals surface area contributed by atoms with Crippen molar-refractivity contribution in [1.82, 2.24) is 0 Å². The van der Waals surface area contributed by atoms with Crippen molar-refractivity contribution in [1.29, 1.82) is 0 Å². The number of nitrogens with one attached hydrogen (secondary N) is 1. The number of esters is 1. The number of hydrogen-bond donors (Lipinski definition) is 1. The lowest BCUT2D eigenvalue weighted by Crippen LogP contribution is -2.29. The molecule has 1 heterocycles. The molecule has 1 N–H and O–H groups in total. The summed E-state index contributed by atoms with van der Waals surface area (Å²) in [4.78, 5) is 39.1. The smallest absolute Gasteiger partial charge is 0.310 e. The summed E-state index contributed by atoms with van der Waals surface area (Å²) in [5, 5.41) is 4.16. The molecule has 0 aromatic heterocycles. The predicted molar refractivity (Wildman–Crippen MR) is 149 cm³/mol. The quantitative estimate of drug-likeness (QED) is 0.193. The average Bonchev–Trinajstić information content (AvgIpc) is 3.17. The highest BCUT2D eigenvalue weighted by atomic mass is 35.5. The van der Waals surface area contributed by atoms with Gasteiger partial charge in [0.15, 0.2) is 0 Å². The van der Waals surface area contributed by atoms with Crippen LogP contribution in [0.4, 0.5) is 17.1 Å². The molecule has 0 radical (unpaired) electrons. The van der Waals surface area contributed by atoms with E-state index in [4.69, 9.17) is 27.9 Å². The number of amides is 2. The van der Waals surface area contributed by atoms with Gasteiger partial charge in [-0.15, -0.1) is 0 Å². The highest BCUT2D eigenvalue weighted by Gasteiger charge is 2.36. The molecule has 4 aromatic carbocycles. The maximum atomic E-state index is 12.7. The molecule has 1 aliphatic rings. The molecular formula is C30H22Cl2N2O4. The molecule has 0 aliphatic carbocycles. The minimum Gasteiger partial charge on any atom is -0.465 e. The maximum absolute atomic E-state index is 12.7. The molecule has 8 heteroatoms. The normalized spacial score (nSPS) is 12.4. The predicted octanol–water partition coefficient (Wildman–Crippen LogP) is 6.87. The van der Waals surface area contributed by atoms with E-state index >= 15 is 0 Å². The van der Waals surface area contributed by atoms with E-state index in [9.17, 15) is 14.4 Å². The fourth-order valence-corrected chi connectivity index (χ4v) is 4.76. The number of para-hydroxylation sites is 2. The molecule has 0 saturated heterocycles. The number of carbonyl (C=O) groups is 3. The van der Waals surface area contributed by atoms with Crippen LogP contribution in [0.2, 0.25) is 10.0 Å². The first-order valence-corrected chi connectivity index (χ1v) is 12.7. The van der Waals surface area contributed by atoms with Gasteiger partial charge in [0.05, 0.1) is 45.6 Å². The van der Waals surface area contributed by atoms with Crippen molar-refractivity contribution in [2.75, 3.05) is 16.8 Å². The summed E-state index contributed by atoms with van der Waals surface area (Å²) in [5.41, 5.74) is 4.25. The molecule has 0 bridgehead atoms. The van der Waals surface area contributed by atoms with Crippen molar-refractivity contribution in [3.8, 4) is 0 Å². The number of halogens is 2. The Morgan fingerprint density at radius 1 is 0.763 bits per heavy atom. The minimum absolute atomic E-state index is 0.0733. The Morgan fingerprint density at radius 3 is 2.03 bits per heavy atom. The van der Waals surface area contributed by atoms with Gasteiger partial charge in [-0.3, -0.25) is 14.4 Å². The Balaban J connectivity index is 1.17. The van der Waals surface area contributed by atoms with E-state index in [0.717, 1.165) is 11.1 Å². The maximum Gasteiger partial charge on any atom is 0.310 e. The highest BCUT2D eigenvalue weighted by molar-refractivity contribution is 6.39. The summed E-state index contributed by atoms with van der Waals surface area (Å²) >= 11 is 12.5. The summed E-state index contributed by atoms with van der Waals surface area (Å²) < 4.78 is 5.47. The molecule has 0 saturated carbocycles. The molecule has 4 aromatic rings. The third kappa shape index (κ3) is 5.28. The molecule has 0 spiro atoms. The van der Waals surface area contributed by atoms with E-state index in [1.165, 1.54) is 4.90 Å². The zero-order chi connectivity index (χ0) is 26.6. The third-order valence-electron chi connectivity index (χ3n) is 6.22. The number of hydrogen-bond acceptors (Lipinski definition) is 5. The lowest BCUT2D eigenvalue weighted by Gasteiger charge is -2.15. The van der Waals surface area contributed by atoms with Gasteiger partial charge >= 0.3 is 5.97 Å². The second-order valence-electron chi connectivity index (χ2n) is 8.68. The van der Waals surface area contributed by atoms with Gasteiger partial charge < -0.3 is 10.1 Å². The van der Waals surface area contributed by atoms with Crippen molar-refractivity contribution in [2.45, 2.75) is 12.8 Å². The monoisotopic (exact) mass is 544 g/mol. The lowest BCUT2D eigenvalue weighted by atomic mass is 10.1. The van der Waals surface area contributed by atoms with Crippen molar-refractivity contribution in [3.05, 3.63) is 123 Å². The number of imide groups is 1. The Labute approximate surface area is 229 Å². The summed E-state index contributed by atoms with van der Waals surface area (Å²) in [5.74, 6) is -1.04. The molecule has 5 rings (SSSR count). The molecule has 1 aliphatic heterocycles. The number of benzene rings is 4. The first kappa shape index (κ1) is 25.5. The largest absolute Gasteiger partial charge is 0.465 e. The number of ether oxygens (including phenoxy) is 1. The van der Waals surface area contributed by atoms with Crippen molar-refractivity contribution < 1.29 is 19.1 Å². The van der Waals surface area contributed by atoms with Gasteiger partial charge in [-0.2, -0.15) is 0 Å². The van der Waals surface area contributed by atoms with Crippen LogP contribution in [0.1, 0.15) is 31.8 Å². The Bertz CT molecular complexity index is 1480. The third-order valence-corrected chi connectivity index (χ3v) is 6.85. The van der Waals surface area contributed by atoms with E-state index in [1.807, 2.05) is 36.4 Å². The van der Waals surface area contributed by atoms with Crippen LogP contribution in [0.5, 0.6) is 0 Å². The standard InChI is InChI=1S/C30H22Cl2N2O4/c31-24-9-5-10-25(32)28(24)33-26-11-4-1-6-20(26)18-27(35)38-17-16-19-12-14-21(15-13-19)34-29(36)22-7-2-3-8-23(22)30(34)37/h1-15,33H,16-18H2. The van der Waals surface area contributed by atoms with Gasteiger partial charge in [-0.1, -0.05) is 71.7 Å². The van der Waals surface area contributed by atoms with E-state index in [1.54, 1.807) is 54.6 Å². The number of rotatable bonds is 8. The zero-order valence-electron chi connectivity index (χ0n) is 20.1. The van der Waals surface area contributed by atoms with E-state index in [0.29, 0.717) is 44.7 Å². The number of anilines is 3. The fourth-order valence-electron chi connectivity index (χ4n) is 4.27. The SMILES string of the molecule is O=C(Cc1ccccc1Nc1c(Cl)cccc1Cl)OCCc1ccc(N2C(=O)c3ccccc3C2=O)cc1. The molecule has 0 atom stereocenters. The first-order valence-electron chi connectivity index (χ1n) is 11.9. The van der Waals surface area contributed by atoms with Crippen LogP contribution >= 0.6 is 23.2 Å². The molecule has 0 fully saturated rings. The van der Waals surface area contributed by atoms with Crippen LogP contribution in [0.3, 0.4) is 0 Å². The highest BCUT2D eigenvalue weighted by Crippen LogP contribution is 2.34.